The number of rotatable bonds is 20. The largest absolute Gasteiger partial charge is 0.396 e. The van der Waals surface area contributed by atoms with Gasteiger partial charge in [-0.15, -0.1) is 0 Å². The predicted octanol–water partition coefficient (Wildman–Crippen LogP) is 6.31. The van der Waals surface area contributed by atoms with Gasteiger partial charge in [0.2, 0.25) is 0 Å². The Morgan fingerprint density at radius 2 is 0.775 bits per heavy atom. The van der Waals surface area contributed by atoms with Gasteiger partial charge in [0.15, 0.2) is 0 Å². The predicted molar refractivity (Wildman–Crippen MR) is 163 cm³/mol. The van der Waals surface area contributed by atoms with Gasteiger partial charge in [0.05, 0.1) is 19.8 Å². The SMILES string of the molecule is CCCC(=O)C(CC)CO.CCCC(=O)C(CC)CO.CCCC(=O)C(CC)CO.CCCCC(CC)CO.[Zr]. The minimum Gasteiger partial charge on any atom is -0.396 e. The topological polar surface area (TPSA) is 132 Å². The average molecular weight is 654 g/mol. The Hall–Kier alpha value is -0.267. The molecule has 0 heterocycles. The standard InChI is InChI=1S/3C8H16O2.C8H18O.Zr/c3*1-3-5-8(10)7(4-2)6-9;1-3-5-6-8(4-2)7-9;/h3*7,9H,3-6H2,1-2H3;8-9H,3-7H2,1-2H3;. The van der Waals surface area contributed by atoms with Gasteiger partial charge in [0.25, 0.3) is 0 Å². The van der Waals surface area contributed by atoms with E-state index in [9.17, 15) is 14.4 Å². The third kappa shape index (κ3) is 30.7. The monoisotopic (exact) mass is 652 g/mol. The summed E-state index contributed by atoms with van der Waals surface area (Å²) in [6.45, 7) is 16.4. The van der Waals surface area contributed by atoms with E-state index in [-0.39, 0.29) is 81.1 Å². The Morgan fingerprint density at radius 1 is 0.475 bits per heavy atom. The van der Waals surface area contributed by atoms with E-state index in [2.05, 4.69) is 13.8 Å². The van der Waals surface area contributed by atoms with Crippen LogP contribution in [0.3, 0.4) is 0 Å². The molecule has 4 atom stereocenters. The van der Waals surface area contributed by atoms with Gasteiger partial charge in [0.1, 0.15) is 17.3 Å². The van der Waals surface area contributed by atoms with Gasteiger partial charge in [-0.2, -0.15) is 0 Å². The molecule has 0 aromatic heterocycles. The first-order valence-corrected chi connectivity index (χ1v) is 15.6. The van der Waals surface area contributed by atoms with Gasteiger partial charge < -0.3 is 20.4 Å². The molecule has 0 radical (unpaired) electrons. The summed E-state index contributed by atoms with van der Waals surface area (Å²) in [5.74, 6) is 0.831. The van der Waals surface area contributed by atoms with Crippen molar-refractivity contribution >= 4 is 17.3 Å². The smallest absolute Gasteiger partial charge is 0.138 e. The molecule has 0 aliphatic carbocycles. The van der Waals surface area contributed by atoms with Crippen LogP contribution >= 0.6 is 0 Å². The summed E-state index contributed by atoms with van der Waals surface area (Å²) in [5, 5.41) is 34.9. The van der Waals surface area contributed by atoms with Crippen molar-refractivity contribution < 1.29 is 61.0 Å². The molecule has 0 amide bonds. The number of unbranched alkanes of at least 4 members (excludes halogenated alkanes) is 1. The van der Waals surface area contributed by atoms with E-state index in [4.69, 9.17) is 20.4 Å². The molecule has 0 spiro atoms. The summed E-state index contributed by atoms with van der Waals surface area (Å²) in [5.41, 5.74) is 0. The number of Topliss-reactive ketones (excluding diaryl/α,β-unsaturated/α-hetero) is 3. The van der Waals surface area contributed by atoms with Crippen LogP contribution in [-0.4, -0.2) is 64.2 Å². The molecule has 240 valence electrons. The van der Waals surface area contributed by atoms with E-state index < -0.39 is 0 Å². The maximum Gasteiger partial charge on any atom is 0.138 e. The van der Waals surface area contributed by atoms with E-state index >= 15 is 0 Å². The average Bonchev–Trinajstić information content (AvgIpc) is 2.93. The zero-order valence-electron chi connectivity index (χ0n) is 27.3. The van der Waals surface area contributed by atoms with Gasteiger partial charge in [-0.1, -0.05) is 74.7 Å². The number of aliphatic hydroxyl groups excluding tert-OH is 4. The normalized spacial score (nSPS) is 12.9. The van der Waals surface area contributed by atoms with Crippen molar-refractivity contribution in [2.45, 2.75) is 139 Å². The van der Waals surface area contributed by atoms with Crippen LogP contribution in [0.5, 0.6) is 0 Å². The van der Waals surface area contributed by atoms with Crippen LogP contribution < -0.4 is 0 Å². The van der Waals surface area contributed by atoms with E-state index in [0.29, 0.717) is 31.8 Å². The molecule has 0 saturated carbocycles. The number of hydrogen-bond acceptors (Lipinski definition) is 7. The van der Waals surface area contributed by atoms with Crippen molar-refractivity contribution in [3.8, 4) is 0 Å². The van der Waals surface area contributed by atoms with Crippen molar-refractivity contribution in [1.82, 2.24) is 0 Å². The number of ketones is 3. The number of hydrogen-bond donors (Lipinski definition) is 4. The molecule has 0 fully saturated rings. The van der Waals surface area contributed by atoms with Crippen LogP contribution in [0.15, 0.2) is 0 Å². The third-order valence-electron chi connectivity index (χ3n) is 6.80. The number of carbonyl (C=O) groups excluding carboxylic acids is 3. The molecular formula is C32H66O7Zr. The second-order valence-electron chi connectivity index (χ2n) is 10.1. The van der Waals surface area contributed by atoms with E-state index in [1.54, 1.807) is 0 Å². The molecule has 8 heteroatoms. The molecule has 0 saturated heterocycles. The Labute approximate surface area is 266 Å². The summed E-state index contributed by atoms with van der Waals surface area (Å²) < 4.78 is 0. The fourth-order valence-corrected chi connectivity index (χ4v) is 3.64. The minimum atomic E-state index is -0.111. The molecule has 0 aromatic carbocycles. The van der Waals surface area contributed by atoms with Gasteiger partial charge in [0, 0.05) is 69.8 Å². The molecule has 4 unspecified atom stereocenters. The summed E-state index contributed by atoms with van der Waals surface area (Å²) in [4.78, 5) is 33.1. The molecule has 40 heavy (non-hydrogen) atoms. The van der Waals surface area contributed by atoms with Crippen molar-refractivity contribution in [3.63, 3.8) is 0 Å². The quantitative estimate of drug-likeness (QED) is 0.121. The van der Waals surface area contributed by atoms with Crippen LogP contribution in [0, 0.1) is 23.7 Å². The van der Waals surface area contributed by atoms with Gasteiger partial charge in [-0.3, -0.25) is 14.4 Å². The Kier molecular flexibility index (Phi) is 47.8. The molecule has 0 aliphatic rings. The molecule has 0 bridgehead atoms. The Bertz CT molecular complexity index is 466. The van der Waals surface area contributed by atoms with E-state index in [1.807, 2.05) is 41.5 Å². The van der Waals surface area contributed by atoms with Crippen LogP contribution in [0.2, 0.25) is 0 Å². The van der Waals surface area contributed by atoms with Crippen LogP contribution in [0.1, 0.15) is 139 Å². The molecule has 0 aliphatic heterocycles. The second-order valence-corrected chi connectivity index (χ2v) is 10.1. The van der Waals surface area contributed by atoms with E-state index in [1.165, 1.54) is 19.3 Å². The summed E-state index contributed by atoms with van der Waals surface area (Å²) >= 11 is 0. The van der Waals surface area contributed by atoms with Crippen molar-refractivity contribution in [1.29, 1.82) is 0 Å². The maximum atomic E-state index is 11.0. The van der Waals surface area contributed by atoms with Crippen molar-refractivity contribution in [2.75, 3.05) is 26.4 Å². The van der Waals surface area contributed by atoms with Gasteiger partial charge in [-0.25, -0.2) is 0 Å². The van der Waals surface area contributed by atoms with E-state index in [0.717, 1.165) is 44.9 Å². The summed E-state index contributed by atoms with van der Waals surface area (Å²) in [7, 11) is 0. The molecule has 4 N–H and O–H groups in total. The van der Waals surface area contributed by atoms with Gasteiger partial charge >= 0.3 is 0 Å². The Balaban J connectivity index is -0.000000135. The summed E-state index contributed by atoms with van der Waals surface area (Å²) in [6.07, 6.45) is 11.6. The fraction of sp³-hybridized carbons (Fsp3) is 0.906. The maximum absolute atomic E-state index is 11.0. The molecule has 7 nitrogen and oxygen atoms in total. The van der Waals surface area contributed by atoms with Crippen molar-refractivity contribution in [3.05, 3.63) is 0 Å². The first-order valence-electron chi connectivity index (χ1n) is 15.6. The first-order chi connectivity index (χ1) is 18.6. The van der Waals surface area contributed by atoms with Crippen molar-refractivity contribution in [2.24, 2.45) is 23.7 Å². The zero-order chi connectivity index (χ0) is 31.1. The van der Waals surface area contributed by atoms with Crippen LogP contribution in [-0.2, 0) is 40.6 Å². The fourth-order valence-electron chi connectivity index (χ4n) is 3.64. The first kappa shape index (κ1) is 49.4. The zero-order valence-corrected chi connectivity index (χ0v) is 29.8. The number of aliphatic hydroxyl groups is 4. The van der Waals surface area contributed by atoms with Crippen LogP contribution in [0.25, 0.3) is 0 Å². The third-order valence-corrected chi connectivity index (χ3v) is 6.80. The number of carbonyl (C=O) groups is 3. The summed E-state index contributed by atoms with van der Waals surface area (Å²) in [6, 6.07) is 0. The van der Waals surface area contributed by atoms with Gasteiger partial charge in [-0.05, 0) is 50.9 Å². The minimum absolute atomic E-state index is 0. The Morgan fingerprint density at radius 3 is 0.925 bits per heavy atom. The molecule has 0 rings (SSSR count). The molecular weight excluding hydrogens is 588 g/mol. The van der Waals surface area contributed by atoms with Crippen LogP contribution in [0.4, 0.5) is 0 Å². The molecule has 0 aromatic rings. The second kappa shape index (κ2) is 38.7.